The monoisotopic (exact) mass is 509 g/mol. The molecule has 0 spiro atoms. The Morgan fingerprint density at radius 1 is 0.944 bits per heavy atom. The van der Waals surface area contributed by atoms with Crippen molar-refractivity contribution in [3.63, 3.8) is 0 Å². The van der Waals surface area contributed by atoms with Crippen LogP contribution >= 0.6 is 0 Å². The summed E-state index contributed by atoms with van der Waals surface area (Å²) in [6.45, 7) is 2.83. The minimum atomic E-state index is -1.37. The van der Waals surface area contributed by atoms with E-state index >= 15 is 0 Å². The average Bonchev–Trinajstić information content (AvgIpc) is 2.84. The van der Waals surface area contributed by atoms with Gasteiger partial charge in [0.05, 0.1) is 6.61 Å². The third-order valence-corrected chi connectivity index (χ3v) is 5.63. The molecule has 200 valence electrons. The fraction of sp³-hybridized carbons (Fsp3) is 0.522. The maximum Gasteiger partial charge on any atom is 0.326 e. The number of carbonyl (C=O) groups excluding carboxylic acids is 4. The van der Waals surface area contributed by atoms with Gasteiger partial charge < -0.3 is 42.7 Å². The predicted molar refractivity (Wildman–Crippen MR) is 128 cm³/mol. The molecule has 5 unspecified atom stereocenters. The van der Waals surface area contributed by atoms with Crippen LogP contribution in [0.3, 0.4) is 0 Å². The number of nitrogens with one attached hydrogen (secondary N) is 3. The number of aliphatic hydroxyl groups is 1. The zero-order valence-electron chi connectivity index (χ0n) is 20.3. The Balaban J connectivity index is 3.07. The highest BCUT2D eigenvalue weighted by Gasteiger charge is 2.32. The summed E-state index contributed by atoms with van der Waals surface area (Å²) in [4.78, 5) is 61.2. The van der Waals surface area contributed by atoms with E-state index in [1.807, 2.05) is 0 Å². The number of phenolic OH excluding ortho intramolecular Hbond substituents is 1. The first-order valence-electron chi connectivity index (χ1n) is 11.5. The number of hydrogen-bond acceptors (Lipinski definition) is 8. The maximum absolute atomic E-state index is 13.0. The topological polar surface area (TPSA) is 234 Å². The molecule has 4 amide bonds. The molecule has 0 aliphatic carbocycles. The summed E-state index contributed by atoms with van der Waals surface area (Å²) in [5.74, 6) is -4.85. The number of aromatic hydroxyl groups is 1. The lowest BCUT2D eigenvalue weighted by Crippen LogP contribution is -2.59. The highest BCUT2D eigenvalue weighted by Crippen LogP contribution is 2.13. The normalized spacial score (nSPS) is 15.0. The van der Waals surface area contributed by atoms with Crippen LogP contribution in [-0.2, 0) is 30.4 Å². The number of carboxylic acid groups (broad SMARTS) is 1. The van der Waals surface area contributed by atoms with Gasteiger partial charge in [-0.25, -0.2) is 4.79 Å². The van der Waals surface area contributed by atoms with E-state index in [2.05, 4.69) is 16.0 Å². The molecule has 0 saturated carbocycles. The summed E-state index contributed by atoms with van der Waals surface area (Å²) in [6, 6.07) is 0.673. The van der Waals surface area contributed by atoms with Gasteiger partial charge in [-0.3, -0.25) is 19.2 Å². The van der Waals surface area contributed by atoms with E-state index in [0.717, 1.165) is 0 Å². The second-order valence-electron chi connectivity index (χ2n) is 8.50. The number of aliphatic carboxylic acids is 1. The SMILES string of the molecule is CCC(C)C(NC(=O)C(N)CO)C(=O)NC(CCC(N)=O)C(=O)NC(Cc1ccc(O)cc1)C(=O)O. The summed E-state index contributed by atoms with van der Waals surface area (Å²) < 4.78 is 0. The molecule has 5 atom stereocenters. The number of carbonyl (C=O) groups is 5. The van der Waals surface area contributed by atoms with Gasteiger partial charge in [-0.05, 0) is 30.0 Å². The van der Waals surface area contributed by atoms with Crippen LogP contribution in [0.15, 0.2) is 24.3 Å². The average molecular weight is 510 g/mol. The van der Waals surface area contributed by atoms with E-state index in [1.54, 1.807) is 13.8 Å². The van der Waals surface area contributed by atoms with E-state index < -0.39 is 60.4 Å². The van der Waals surface area contributed by atoms with Crippen molar-refractivity contribution in [2.24, 2.45) is 17.4 Å². The van der Waals surface area contributed by atoms with Crippen molar-refractivity contribution in [3.8, 4) is 5.75 Å². The lowest BCUT2D eigenvalue weighted by atomic mass is 9.97. The molecule has 13 heteroatoms. The number of amides is 4. The number of rotatable bonds is 15. The molecule has 1 rings (SSSR count). The molecule has 0 aromatic heterocycles. The van der Waals surface area contributed by atoms with Gasteiger partial charge in [-0.2, -0.15) is 0 Å². The zero-order chi connectivity index (χ0) is 27.4. The van der Waals surface area contributed by atoms with Crippen LogP contribution in [0.2, 0.25) is 0 Å². The highest BCUT2D eigenvalue weighted by atomic mass is 16.4. The molecule has 0 saturated heterocycles. The zero-order valence-corrected chi connectivity index (χ0v) is 20.3. The van der Waals surface area contributed by atoms with Crippen molar-refractivity contribution in [1.29, 1.82) is 0 Å². The van der Waals surface area contributed by atoms with Gasteiger partial charge in [0.25, 0.3) is 0 Å². The number of phenols is 1. The Morgan fingerprint density at radius 2 is 1.53 bits per heavy atom. The van der Waals surface area contributed by atoms with E-state index in [0.29, 0.717) is 12.0 Å². The molecule has 0 radical (unpaired) electrons. The summed E-state index contributed by atoms with van der Waals surface area (Å²) >= 11 is 0. The number of nitrogens with two attached hydrogens (primary N) is 2. The van der Waals surface area contributed by atoms with Gasteiger partial charge in [0, 0.05) is 12.8 Å². The van der Waals surface area contributed by atoms with E-state index in [4.69, 9.17) is 16.6 Å². The van der Waals surface area contributed by atoms with Gasteiger partial charge in [0.2, 0.25) is 23.6 Å². The van der Waals surface area contributed by atoms with E-state index in [9.17, 15) is 34.2 Å². The van der Waals surface area contributed by atoms with Gasteiger partial charge in [0.1, 0.15) is 29.9 Å². The smallest absolute Gasteiger partial charge is 0.326 e. The highest BCUT2D eigenvalue weighted by molar-refractivity contribution is 5.94. The van der Waals surface area contributed by atoms with Crippen LogP contribution in [-0.4, -0.2) is 75.7 Å². The van der Waals surface area contributed by atoms with Crippen molar-refractivity contribution in [2.75, 3.05) is 6.61 Å². The van der Waals surface area contributed by atoms with Gasteiger partial charge >= 0.3 is 5.97 Å². The van der Waals surface area contributed by atoms with E-state index in [-0.39, 0.29) is 30.9 Å². The number of carboxylic acids is 1. The Kier molecular flexibility index (Phi) is 12.3. The van der Waals surface area contributed by atoms with Gasteiger partial charge in [-0.1, -0.05) is 32.4 Å². The molecule has 36 heavy (non-hydrogen) atoms. The van der Waals surface area contributed by atoms with Gasteiger partial charge in [-0.15, -0.1) is 0 Å². The standard InChI is InChI=1S/C23H35N5O8/c1-3-12(2)19(28-20(32)15(24)11-29)22(34)26-16(8-9-18(25)31)21(33)27-17(23(35)36)10-13-4-6-14(30)7-5-13/h4-7,12,15-17,19,29-30H,3,8-11,24H2,1-2H3,(H2,25,31)(H,26,34)(H,27,33)(H,28,32)(H,35,36). The lowest BCUT2D eigenvalue weighted by Gasteiger charge is -2.27. The number of aliphatic hydroxyl groups excluding tert-OH is 1. The van der Waals surface area contributed by atoms with Gasteiger partial charge in [0.15, 0.2) is 0 Å². The second kappa shape index (κ2) is 14.6. The number of benzene rings is 1. The molecule has 1 aromatic rings. The first-order valence-corrected chi connectivity index (χ1v) is 11.5. The first-order chi connectivity index (χ1) is 16.9. The van der Waals surface area contributed by atoms with Crippen LogP contribution in [0.1, 0.15) is 38.7 Å². The van der Waals surface area contributed by atoms with Crippen LogP contribution in [0, 0.1) is 5.92 Å². The van der Waals surface area contributed by atoms with Crippen molar-refractivity contribution in [3.05, 3.63) is 29.8 Å². The summed E-state index contributed by atoms with van der Waals surface area (Å²) in [6.07, 6.45) is -0.124. The molecule has 1 aromatic carbocycles. The molecule has 0 aliphatic rings. The summed E-state index contributed by atoms with van der Waals surface area (Å²) in [5, 5.41) is 35.3. The van der Waals surface area contributed by atoms with Crippen molar-refractivity contribution >= 4 is 29.6 Å². The molecular weight excluding hydrogens is 474 g/mol. The lowest BCUT2D eigenvalue weighted by molar-refractivity contribution is -0.142. The third kappa shape index (κ3) is 9.88. The maximum atomic E-state index is 13.0. The fourth-order valence-corrected chi connectivity index (χ4v) is 3.20. The number of hydrogen-bond donors (Lipinski definition) is 8. The van der Waals surface area contributed by atoms with E-state index in [1.165, 1.54) is 24.3 Å². The Labute approximate surface area is 208 Å². The minimum absolute atomic E-state index is 0.00761. The second-order valence-corrected chi connectivity index (χ2v) is 8.50. The molecule has 0 aliphatic heterocycles. The van der Waals surface area contributed by atoms with Crippen molar-refractivity contribution in [2.45, 2.75) is 63.7 Å². The molecule has 10 N–H and O–H groups in total. The minimum Gasteiger partial charge on any atom is -0.508 e. The van der Waals surface area contributed by atoms with Crippen LogP contribution in [0.25, 0.3) is 0 Å². The predicted octanol–water partition coefficient (Wildman–Crippen LogP) is -1.90. The number of primary amides is 1. The van der Waals surface area contributed by atoms with Crippen LogP contribution in [0.5, 0.6) is 5.75 Å². The first kappa shape index (κ1) is 30.3. The van der Waals surface area contributed by atoms with Crippen molar-refractivity contribution in [1.82, 2.24) is 16.0 Å². The quantitative estimate of drug-likeness (QED) is 0.132. The molecule has 0 bridgehead atoms. The molecule has 0 fully saturated rings. The molecule has 0 heterocycles. The van der Waals surface area contributed by atoms with Crippen LogP contribution in [0.4, 0.5) is 0 Å². The third-order valence-electron chi connectivity index (χ3n) is 5.63. The largest absolute Gasteiger partial charge is 0.508 e. The molecule has 13 nitrogen and oxygen atoms in total. The molecular formula is C23H35N5O8. The summed E-state index contributed by atoms with van der Waals surface area (Å²) in [5.41, 5.74) is 11.2. The van der Waals surface area contributed by atoms with Crippen molar-refractivity contribution < 1.29 is 39.3 Å². The fourth-order valence-electron chi connectivity index (χ4n) is 3.20. The van der Waals surface area contributed by atoms with Crippen LogP contribution < -0.4 is 27.4 Å². The Morgan fingerprint density at radius 3 is 2.03 bits per heavy atom. The Bertz CT molecular complexity index is 924. The Hall–Kier alpha value is -3.71. The summed E-state index contributed by atoms with van der Waals surface area (Å²) in [7, 11) is 0.